The van der Waals surface area contributed by atoms with E-state index in [2.05, 4.69) is 19.9 Å². The molecule has 0 aliphatic rings. The lowest BCUT2D eigenvalue weighted by atomic mass is 10.3. The van der Waals surface area contributed by atoms with E-state index in [1.165, 1.54) is 24.3 Å². The second-order valence-electron chi connectivity index (χ2n) is 5.39. The van der Waals surface area contributed by atoms with E-state index >= 15 is 0 Å². The summed E-state index contributed by atoms with van der Waals surface area (Å²) >= 11 is 11.7. The van der Waals surface area contributed by atoms with Crippen LogP contribution in [-0.4, -0.2) is 28.2 Å². The van der Waals surface area contributed by atoms with Gasteiger partial charge in [0.15, 0.2) is 10.8 Å². The van der Waals surface area contributed by atoms with Crippen molar-refractivity contribution < 1.29 is 8.42 Å². The first-order chi connectivity index (χ1) is 11.8. The molecule has 0 amide bonds. The second-order valence-corrected chi connectivity index (χ2v) is 7.92. The summed E-state index contributed by atoms with van der Waals surface area (Å²) in [5.41, 5.74) is 1.12. The highest BCUT2D eigenvalue weighted by Crippen LogP contribution is 2.23. The van der Waals surface area contributed by atoms with Crippen LogP contribution in [0.5, 0.6) is 0 Å². The number of aryl methyl sites for hydroxylation is 1. The topological polar surface area (TPSA) is 89.8 Å². The summed E-state index contributed by atoms with van der Waals surface area (Å²) in [6.45, 7) is 4.23. The number of hydrogen-bond acceptors (Lipinski definition) is 5. The van der Waals surface area contributed by atoms with Crippen molar-refractivity contribution in [1.82, 2.24) is 24.5 Å². The Hall–Kier alpha value is -1.74. The van der Waals surface area contributed by atoms with Crippen molar-refractivity contribution in [2.24, 2.45) is 0 Å². The van der Waals surface area contributed by atoms with E-state index < -0.39 is 16.1 Å². The minimum Gasteiger partial charge on any atom is -0.325 e. The highest BCUT2D eigenvalue weighted by molar-refractivity contribution is 7.89. The predicted molar refractivity (Wildman–Crippen MR) is 96.2 cm³/mol. The second kappa shape index (κ2) is 6.87. The monoisotopic (exact) mass is 399 g/mol. The highest BCUT2D eigenvalue weighted by Gasteiger charge is 2.23. The summed E-state index contributed by atoms with van der Waals surface area (Å²) in [5.74, 6) is 0.534. The SMILES string of the molecule is CCn1c([C@@H](C)NS(=O)(=O)c2ccc(Cl)cc2)nc2nnc(Cl)cc21. The number of fused-ring (bicyclic) bond motifs is 1. The third-order valence-corrected chi connectivity index (χ3v) is 5.67. The Morgan fingerprint density at radius 1 is 1.20 bits per heavy atom. The van der Waals surface area contributed by atoms with Crippen LogP contribution in [0.4, 0.5) is 0 Å². The van der Waals surface area contributed by atoms with Gasteiger partial charge in [0.2, 0.25) is 10.0 Å². The number of rotatable bonds is 5. The van der Waals surface area contributed by atoms with Gasteiger partial charge in [0.25, 0.3) is 0 Å². The van der Waals surface area contributed by atoms with Crippen LogP contribution < -0.4 is 4.72 Å². The van der Waals surface area contributed by atoms with E-state index in [0.717, 1.165) is 0 Å². The van der Waals surface area contributed by atoms with Gasteiger partial charge in [-0.15, -0.1) is 10.2 Å². The fraction of sp³-hybridized carbons (Fsp3) is 0.267. The molecule has 25 heavy (non-hydrogen) atoms. The Kier molecular flexibility index (Phi) is 4.97. The van der Waals surface area contributed by atoms with Crippen molar-refractivity contribution >= 4 is 44.4 Å². The summed E-state index contributed by atoms with van der Waals surface area (Å²) in [6.07, 6.45) is 0. The fourth-order valence-electron chi connectivity index (χ4n) is 2.55. The molecule has 0 bridgehead atoms. The predicted octanol–water partition coefficient (Wildman–Crippen LogP) is 3.19. The molecule has 0 radical (unpaired) electrons. The molecular weight excluding hydrogens is 385 g/mol. The zero-order valence-electron chi connectivity index (χ0n) is 13.4. The summed E-state index contributed by atoms with van der Waals surface area (Å²) in [4.78, 5) is 4.53. The first-order valence-corrected chi connectivity index (χ1v) is 9.73. The van der Waals surface area contributed by atoms with Crippen LogP contribution in [0.1, 0.15) is 25.7 Å². The average Bonchev–Trinajstić information content (AvgIpc) is 2.92. The Labute approximate surface area is 155 Å². The smallest absolute Gasteiger partial charge is 0.241 e. The average molecular weight is 400 g/mol. The molecule has 1 atom stereocenters. The lowest BCUT2D eigenvalue weighted by Crippen LogP contribution is -2.28. The Morgan fingerprint density at radius 2 is 1.88 bits per heavy atom. The Morgan fingerprint density at radius 3 is 2.52 bits per heavy atom. The van der Waals surface area contributed by atoms with Crippen LogP contribution >= 0.6 is 23.2 Å². The minimum atomic E-state index is -3.72. The molecule has 7 nitrogen and oxygen atoms in total. The van der Waals surface area contributed by atoms with Gasteiger partial charge in [-0.05, 0) is 38.1 Å². The number of halogens is 2. The molecule has 3 aromatic rings. The van der Waals surface area contributed by atoms with E-state index in [1.807, 2.05) is 11.5 Å². The zero-order valence-corrected chi connectivity index (χ0v) is 15.8. The number of aromatic nitrogens is 4. The molecule has 132 valence electrons. The normalized spacial score (nSPS) is 13.3. The lowest BCUT2D eigenvalue weighted by molar-refractivity contribution is 0.549. The van der Waals surface area contributed by atoms with Crippen LogP contribution in [0.3, 0.4) is 0 Å². The molecule has 0 fully saturated rings. The molecule has 0 saturated carbocycles. The van der Waals surface area contributed by atoms with Crippen LogP contribution in [0.25, 0.3) is 11.2 Å². The van der Waals surface area contributed by atoms with Gasteiger partial charge in [0, 0.05) is 17.6 Å². The number of benzene rings is 1. The number of imidazole rings is 1. The van der Waals surface area contributed by atoms with Crippen molar-refractivity contribution in [3.05, 3.63) is 46.3 Å². The fourth-order valence-corrected chi connectivity index (χ4v) is 4.02. The molecule has 0 unspecified atom stereocenters. The maximum atomic E-state index is 12.6. The number of hydrogen-bond donors (Lipinski definition) is 1. The van der Waals surface area contributed by atoms with Crippen molar-refractivity contribution in [2.45, 2.75) is 31.3 Å². The standard InChI is InChI=1S/C15H15Cl2N5O2S/c1-3-22-12-8-13(17)19-20-14(12)18-15(22)9(2)21-25(23,24)11-6-4-10(16)5-7-11/h4-9,21H,3H2,1-2H3/t9-/m1/s1. The number of nitrogens with zero attached hydrogens (tertiary/aromatic N) is 4. The third-order valence-electron chi connectivity index (χ3n) is 3.67. The maximum Gasteiger partial charge on any atom is 0.241 e. The molecule has 1 N–H and O–H groups in total. The van der Waals surface area contributed by atoms with E-state index in [0.29, 0.717) is 28.6 Å². The number of nitrogens with one attached hydrogen (secondary N) is 1. The van der Waals surface area contributed by atoms with Gasteiger partial charge >= 0.3 is 0 Å². The molecule has 0 saturated heterocycles. The molecule has 10 heteroatoms. The largest absolute Gasteiger partial charge is 0.325 e. The van der Waals surface area contributed by atoms with E-state index in [1.54, 1.807) is 13.0 Å². The minimum absolute atomic E-state index is 0.130. The van der Waals surface area contributed by atoms with Crippen molar-refractivity contribution in [3.63, 3.8) is 0 Å². The molecule has 2 aromatic heterocycles. The quantitative estimate of drug-likeness (QED) is 0.711. The van der Waals surface area contributed by atoms with Gasteiger partial charge in [-0.1, -0.05) is 23.2 Å². The highest BCUT2D eigenvalue weighted by atomic mass is 35.5. The molecule has 0 aliphatic carbocycles. The first-order valence-electron chi connectivity index (χ1n) is 7.49. The van der Waals surface area contributed by atoms with Gasteiger partial charge in [0.1, 0.15) is 5.82 Å². The Balaban J connectivity index is 1.96. The number of sulfonamides is 1. The van der Waals surface area contributed by atoms with Crippen molar-refractivity contribution in [1.29, 1.82) is 0 Å². The summed E-state index contributed by atoms with van der Waals surface area (Å²) in [5, 5.41) is 8.45. The van der Waals surface area contributed by atoms with Crippen LogP contribution in [0.2, 0.25) is 10.2 Å². The molecule has 0 spiro atoms. The van der Waals surface area contributed by atoms with E-state index in [9.17, 15) is 8.42 Å². The van der Waals surface area contributed by atoms with E-state index in [4.69, 9.17) is 23.2 Å². The zero-order chi connectivity index (χ0) is 18.2. The lowest BCUT2D eigenvalue weighted by Gasteiger charge is -2.15. The molecule has 0 aliphatic heterocycles. The van der Waals surface area contributed by atoms with Gasteiger partial charge in [-0.2, -0.15) is 0 Å². The molecule has 3 rings (SSSR count). The van der Waals surface area contributed by atoms with E-state index in [-0.39, 0.29) is 10.0 Å². The van der Waals surface area contributed by atoms with Crippen molar-refractivity contribution in [2.75, 3.05) is 0 Å². The van der Waals surface area contributed by atoms with Crippen molar-refractivity contribution in [3.8, 4) is 0 Å². The summed E-state index contributed by atoms with van der Waals surface area (Å²) < 4.78 is 29.6. The Bertz CT molecular complexity index is 1020. The van der Waals surface area contributed by atoms with Gasteiger partial charge in [-0.3, -0.25) is 0 Å². The first kappa shape index (κ1) is 18.1. The summed E-state index contributed by atoms with van der Waals surface area (Å²) in [6, 6.07) is 7.04. The van der Waals surface area contributed by atoms with Gasteiger partial charge < -0.3 is 4.57 Å². The van der Waals surface area contributed by atoms with Crippen LogP contribution in [0, 0.1) is 0 Å². The van der Waals surface area contributed by atoms with Crippen LogP contribution in [0.15, 0.2) is 35.2 Å². The van der Waals surface area contributed by atoms with Gasteiger partial charge in [0.05, 0.1) is 16.5 Å². The van der Waals surface area contributed by atoms with Crippen LogP contribution in [-0.2, 0) is 16.6 Å². The third kappa shape index (κ3) is 3.62. The molecular formula is C15H15Cl2N5O2S. The molecule has 2 heterocycles. The van der Waals surface area contributed by atoms with Gasteiger partial charge in [-0.25, -0.2) is 18.1 Å². The maximum absolute atomic E-state index is 12.6. The molecule has 1 aromatic carbocycles. The summed E-state index contributed by atoms with van der Waals surface area (Å²) in [7, 11) is -3.72.